The van der Waals surface area contributed by atoms with E-state index in [1.54, 1.807) is 10.7 Å². The van der Waals surface area contributed by atoms with Crippen molar-refractivity contribution >= 4 is 28.4 Å². The molecule has 1 saturated heterocycles. The van der Waals surface area contributed by atoms with Gasteiger partial charge in [0, 0.05) is 45.0 Å². The molecule has 32 heavy (non-hydrogen) atoms. The summed E-state index contributed by atoms with van der Waals surface area (Å²) in [4.78, 5) is 26.2. The first-order valence-electron chi connectivity index (χ1n) is 11.1. The number of amides is 2. The van der Waals surface area contributed by atoms with Crippen LogP contribution in [0.25, 0.3) is 11.0 Å². The van der Waals surface area contributed by atoms with Gasteiger partial charge in [0.15, 0.2) is 5.65 Å². The molecule has 1 N–H and O–H groups in total. The predicted molar refractivity (Wildman–Crippen MR) is 125 cm³/mol. The summed E-state index contributed by atoms with van der Waals surface area (Å²) in [6.07, 6.45) is 4.67. The lowest BCUT2D eigenvalue weighted by molar-refractivity contribution is 0.197. The number of nitrogens with one attached hydrogen (secondary N) is 1. The highest BCUT2D eigenvalue weighted by atomic mass is 16.5. The van der Waals surface area contributed by atoms with Gasteiger partial charge in [-0.05, 0) is 39.3 Å². The Kier molecular flexibility index (Phi) is 6.16. The second-order valence-electron chi connectivity index (χ2n) is 8.42. The third kappa shape index (κ3) is 4.32. The normalized spacial score (nSPS) is 16.6. The van der Waals surface area contributed by atoms with Crippen molar-refractivity contribution in [2.24, 2.45) is 7.05 Å². The van der Waals surface area contributed by atoms with Crippen molar-refractivity contribution in [2.45, 2.75) is 46.3 Å². The molecular weight excluding hydrogens is 406 g/mol. The summed E-state index contributed by atoms with van der Waals surface area (Å²) in [5, 5.41) is 8.42. The summed E-state index contributed by atoms with van der Waals surface area (Å²) in [6.45, 7) is 9.98. The third-order valence-corrected chi connectivity index (χ3v) is 5.82. The van der Waals surface area contributed by atoms with Crippen LogP contribution in [0.15, 0.2) is 30.6 Å². The van der Waals surface area contributed by atoms with Crippen molar-refractivity contribution in [3.05, 3.63) is 36.3 Å². The summed E-state index contributed by atoms with van der Waals surface area (Å²) < 4.78 is 7.42. The van der Waals surface area contributed by atoms with Gasteiger partial charge in [0.2, 0.25) is 5.88 Å². The van der Waals surface area contributed by atoms with Crippen LogP contribution in [0.3, 0.4) is 0 Å². The minimum atomic E-state index is -0.105. The highest BCUT2D eigenvalue weighted by molar-refractivity contribution is 5.91. The van der Waals surface area contributed by atoms with E-state index in [0.29, 0.717) is 24.7 Å². The Balaban J connectivity index is 1.46. The van der Waals surface area contributed by atoms with E-state index in [-0.39, 0.29) is 18.2 Å². The molecule has 2 amide bonds. The van der Waals surface area contributed by atoms with Crippen LogP contribution in [0.5, 0.6) is 5.88 Å². The minimum Gasteiger partial charge on any atom is -0.475 e. The maximum absolute atomic E-state index is 13.0. The number of rotatable bonds is 5. The number of hydrogen-bond donors (Lipinski definition) is 1. The lowest BCUT2D eigenvalue weighted by atomic mass is 10.1. The zero-order chi connectivity index (χ0) is 22.8. The van der Waals surface area contributed by atoms with Gasteiger partial charge in [-0.3, -0.25) is 4.68 Å². The molecule has 0 bridgehead atoms. The average molecular weight is 438 g/mol. The van der Waals surface area contributed by atoms with Gasteiger partial charge in [0.25, 0.3) is 0 Å². The number of fused-ring (bicyclic) bond motifs is 1. The fourth-order valence-corrected chi connectivity index (χ4v) is 4.16. The Bertz CT molecular complexity index is 1110. The third-order valence-electron chi connectivity index (χ3n) is 5.82. The second kappa shape index (κ2) is 9.02. The highest BCUT2D eigenvalue weighted by Crippen LogP contribution is 2.29. The van der Waals surface area contributed by atoms with E-state index in [0.717, 1.165) is 35.4 Å². The first-order valence-corrected chi connectivity index (χ1v) is 11.1. The Morgan fingerprint density at radius 1 is 1.28 bits per heavy atom. The lowest BCUT2D eigenvalue weighted by Gasteiger charge is -2.42. The first kappa shape index (κ1) is 21.9. The van der Waals surface area contributed by atoms with Crippen LogP contribution >= 0.6 is 0 Å². The number of piperazine rings is 1. The smallest absolute Gasteiger partial charge is 0.322 e. The molecular formula is C23H31N7O2. The number of anilines is 2. The van der Waals surface area contributed by atoms with Crippen LogP contribution < -0.4 is 15.0 Å². The molecule has 0 saturated carbocycles. The topological polar surface area (TPSA) is 88.4 Å². The summed E-state index contributed by atoms with van der Waals surface area (Å²) >= 11 is 0. The predicted octanol–water partition coefficient (Wildman–Crippen LogP) is 3.59. The zero-order valence-electron chi connectivity index (χ0n) is 19.4. The number of ether oxygens (including phenoxy) is 1. The molecule has 4 rings (SSSR count). The van der Waals surface area contributed by atoms with Crippen molar-refractivity contribution in [1.29, 1.82) is 0 Å². The van der Waals surface area contributed by atoms with Gasteiger partial charge in [-0.2, -0.15) is 5.10 Å². The lowest BCUT2D eigenvalue weighted by Crippen LogP contribution is -2.55. The molecule has 170 valence electrons. The number of aryl methyl sites for hydroxylation is 2. The molecule has 1 aliphatic rings. The van der Waals surface area contributed by atoms with E-state index in [1.807, 2.05) is 57.2 Å². The number of urea groups is 1. The van der Waals surface area contributed by atoms with Crippen LogP contribution in [0.2, 0.25) is 0 Å². The molecule has 1 atom stereocenters. The van der Waals surface area contributed by atoms with Crippen LogP contribution in [0.4, 0.5) is 16.2 Å². The molecule has 4 heterocycles. The molecule has 0 unspecified atom stereocenters. The van der Waals surface area contributed by atoms with Crippen LogP contribution in [0.1, 0.15) is 32.9 Å². The van der Waals surface area contributed by atoms with Crippen molar-refractivity contribution in [2.75, 3.05) is 29.9 Å². The van der Waals surface area contributed by atoms with Gasteiger partial charge < -0.3 is 19.9 Å². The molecule has 3 aromatic heterocycles. The summed E-state index contributed by atoms with van der Waals surface area (Å²) in [5.41, 5.74) is 3.42. The van der Waals surface area contributed by atoms with E-state index >= 15 is 0 Å². The van der Waals surface area contributed by atoms with Crippen molar-refractivity contribution in [3.8, 4) is 5.88 Å². The number of nitrogens with zero attached hydrogens (tertiary/aromatic N) is 6. The molecule has 0 spiro atoms. The molecule has 1 aliphatic heterocycles. The first-order chi connectivity index (χ1) is 15.4. The Morgan fingerprint density at radius 2 is 2.09 bits per heavy atom. The van der Waals surface area contributed by atoms with E-state index in [4.69, 9.17) is 4.74 Å². The molecule has 0 radical (unpaired) electrons. The van der Waals surface area contributed by atoms with Crippen LogP contribution in [-0.2, 0) is 7.05 Å². The standard InChI is InChI=1S/C23H31N7O2/c1-6-17-14-29(23(31)27-19-7-8-21(26-16(19)4)32-15(2)3)11-12-30(17)20-9-10-24-22-18(20)13-25-28(22)5/h7-10,13,15,17H,6,11-12,14H2,1-5H3,(H,27,31)/t17-/m0/s1. The van der Waals surface area contributed by atoms with Gasteiger partial charge in [-0.25, -0.2) is 14.8 Å². The maximum Gasteiger partial charge on any atom is 0.322 e. The zero-order valence-corrected chi connectivity index (χ0v) is 19.4. The number of hydrogen-bond acceptors (Lipinski definition) is 6. The quantitative estimate of drug-likeness (QED) is 0.656. The highest BCUT2D eigenvalue weighted by Gasteiger charge is 2.30. The van der Waals surface area contributed by atoms with Crippen molar-refractivity contribution in [3.63, 3.8) is 0 Å². The number of aromatic nitrogens is 4. The van der Waals surface area contributed by atoms with Gasteiger partial charge in [0.05, 0.1) is 34.8 Å². The summed E-state index contributed by atoms with van der Waals surface area (Å²) in [7, 11) is 1.90. The Hall–Kier alpha value is -3.36. The maximum atomic E-state index is 13.0. The Morgan fingerprint density at radius 3 is 2.81 bits per heavy atom. The molecule has 3 aromatic rings. The number of carbonyl (C=O) groups is 1. The van der Waals surface area contributed by atoms with Gasteiger partial charge in [-0.15, -0.1) is 0 Å². The SMILES string of the molecule is CC[C@H]1CN(C(=O)Nc2ccc(OC(C)C)nc2C)CCN1c1ccnc2c1cnn2C. The van der Waals surface area contributed by atoms with Crippen LogP contribution in [-0.4, -0.2) is 62.5 Å². The number of pyridine rings is 2. The van der Waals surface area contributed by atoms with Gasteiger partial charge >= 0.3 is 6.03 Å². The molecule has 1 fully saturated rings. The van der Waals surface area contributed by atoms with Crippen molar-refractivity contribution in [1.82, 2.24) is 24.6 Å². The van der Waals surface area contributed by atoms with E-state index in [2.05, 4.69) is 32.2 Å². The molecule has 9 heteroatoms. The second-order valence-corrected chi connectivity index (χ2v) is 8.42. The largest absolute Gasteiger partial charge is 0.475 e. The van der Waals surface area contributed by atoms with Gasteiger partial charge in [0.1, 0.15) is 0 Å². The van der Waals surface area contributed by atoms with Gasteiger partial charge in [-0.1, -0.05) is 6.92 Å². The monoisotopic (exact) mass is 437 g/mol. The summed E-state index contributed by atoms with van der Waals surface area (Å²) in [6, 6.07) is 5.78. The molecule has 9 nitrogen and oxygen atoms in total. The molecule has 0 aromatic carbocycles. The number of carbonyl (C=O) groups excluding carboxylic acids is 1. The summed E-state index contributed by atoms with van der Waals surface area (Å²) in [5.74, 6) is 0.564. The Labute approximate surface area is 188 Å². The van der Waals surface area contributed by atoms with Crippen LogP contribution in [0, 0.1) is 6.92 Å². The van der Waals surface area contributed by atoms with E-state index in [1.165, 1.54) is 0 Å². The fourth-order valence-electron chi connectivity index (χ4n) is 4.16. The average Bonchev–Trinajstić information content (AvgIpc) is 3.16. The minimum absolute atomic E-state index is 0.0536. The molecule has 0 aliphatic carbocycles. The van der Waals surface area contributed by atoms with E-state index < -0.39 is 0 Å². The fraction of sp³-hybridized carbons (Fsp3) is 0.478. The van der Waals surface area contributed by atoms with E-state index in [9.17, 15) is 4.79 Å². The van der Waals surface area contributed by atoms with Crippen molar-refractivity contribution < 1.29 is 9.53 Å².